The summed E-state index contributed by atoms with van der Waals surface area (Å²) >= 11 is 0. The quantitative estimate of drug-likeness (QED) is 0.840. The molecule has 0 saturated carbocycles. The van der Waals surface area contributed by atoms with Crippen LogP contribution in [0.25, 0.3) is 0 Å². The third kappa shape index (κ3) is 2.61. The zero-order chi connectivity index (χ0) is 13.9. The van der Waals surface area contributed by atoms with E-state index in [0.29, 0.717) is 18.2 Å². The van der Waals surface area contributed by atoms with E-state index >= 15 is 0 Å². The SMILES string of the molecule is Cc1ccc(N2CC(CNC(=O)c3cnc[nH]3)C2)nn1. The minimum atomic E-state index is -0.115. The van der Waals surface area contributed by atoms with Gasteiger partial charge in [0.05, 0.1) is 18.2 Å². The molecule has 3 heterocycles. The van der Waals surface area contributed by atoms with Gasteiger partial charge < -0.3 is 15.2 Å². The second-order valence-corrected chi connectivity index (χ2v) is 4.98. The maximum Gasteiger partial charge on any atom is 0.269 e. The third-order valence-corrected chi connectivity index (χ3v) is 3.36. The molecule has 1 saturated heterocycles. The van der Waals surface area contributed by atoms with E-state index in [2.05, 4.69) is 30.4 Å². The number of carbonyl (C=O) groups excluding carboxylic acids is 1. The molecule has 0 spiro atoms. The molecule has 0 atom stereocenters. The number of carbonyl (C=O) groups is 1. The predicted octanol–water partition coefficient (Wildman–Crippen LogP) is 0.374. The maximum absolute atomic E-state index is 11.7. The minimum Gasteiger partial charge on any atom is -0.354 e. The molecule has 1 aliphatic heterocycles. The Balaban J connectivity index is 1.44. The van der Waals surface area contributed by atoms with Crippen LogP contribution in [0.1, 0.15) is 16.2 Å². The van der Waals surface area contributed by atoms with Crippen LogP contribution in [0.5, 0.6) is 0 Å². The number of aromatic nitrogens is 4. The van der Waals surface area contributed by atoms with Crippen molar-refractivity contribution < 1.29 is 4.79 Å². The van der Waals surface area contributed by atoms with Crippen molar-refractivity contribution in [1.29, 1.82) is 0 Å². The van der Waals surface area contributed by atoms with Crippen molar-refractivity contribution >= 4 is 11.7 Å². The van der Waals surface area contributed by atoms with Crippen LogP contribution in [0.2, 0.25) is 0 Å². The lowest BCUT2D eigenvalue weighted by Crippen LogP contribution is -2.52. The van der Waals surface area contributed by atoms with Gasteiger partial charge in [0.2, 0.25) is 0 Å². The van der Waals surface area contributed by atoms with E-state index in [0.717, 1.165) is 24.6 Å². The van der Waals surface area contributed by atoms with Gasteiger partial charge in [0.15, 0.2) is 5.82 Å². The van der Waals surface area contributed by atoms with Crippen molar-refractivity contribution in [2.24, 2.45) is 5.92 Å². The first kappa shape index (κ1) is 12.6. The molecule has 2 aromatic rings. The molecule has 2 N–H and O–H groups in total. The van der Waals surface area contributed by atoms with Crippen LogP contribution in [-0.4, -0.2) is 45.7 Å². The van der Waals surface area contributed by atoms with E-state index in [-0.39, 0.29) is 5.91 Å². The molecule has 0 aromatic carbocycles. The van der Waals surface area contributed by atoms with Crippen LogP contribution >= 0.6 is 0 Å². The Morgan fingerprint density at radius 1 is 1.45 bits per heavy atom. The average Bonchev–Trinajstić information content (AvgIpc) is 2.92. The Morgan fingerprint density at radius 3 is 2.95 bits per heavy atom. The van der Waals surface area contributed by atoms with E-state index in [1.54, 1.807) is 0 Å². The second-order valence-electron chi connectivity index (χ2n) is 4.98. The summed E-state index contributed by atoms with van der Waals surface area (Å²) in [6.07, 6.45) is 3.01. The molecular weight excluding hydrogens is 256 g/mol. The molecule has 0 aliphatic carbocycles. The second kappa shape index (κ2) is 5.28. The number of H-pyrrole nitrogens is 1. The van der Waals surface area contributed by atoms with Crippen LogP contribution < -0.4 is 10.2 Å². The van der Waals surface area contributed by atoms with Crippen molar-refractivity contribution in [2.75, 3.05) is 24.5 Å². The number of nitrogens with zero attached hydrogens (tertiary/aromatic N) is 4. The zero-order valence-corrected chi connectivity index (χ0v) is 11.2. The number of anilines is 1. The number of amides is 1. The fourth-order valence-corrected chi connectivity index (χ4v) is 2.16. The number of nitrogens with one attached hydrogen (secondary N) is 2. The van der Waals surface area contributed by atoms with E-state index in [9.17, 15) is 4.79 Å². The molecule has 2 aromatic heterocycles. The van der Waals surface area contributed by atoms with Gasteiger partial charge in [0.25, 0.3) is 5.91 Å². The number of hydrogen-bond donors (Lipinski definition) is 2. The summed E-state index contributed by atoms with van der Waals surface area (Å²) in [5.41, 5.74) is 1.41. The van der Waals surface area contributed by atoms with Gasteiger partial charge in [-0.25, -0.2) is 4.98 Å². The summed E-state index contributed by atoms with van der Waals surface area (Å²) in [6, 6.07) is 3.93. The van der Waals surface area contributed by atoms with Crippen molar-refractivity contribution in [2.45, 2.75) is 6.92 Å². The van der Waals surface area contributed by atoms with Crippen molar-refractivity contribution in [3.63, 3.8) is 0 Å². The molecule has 0 radical (unpaired) electrons. The van der Waals surface area contributed by atoms with Crippen LogP contribution in [0.4, 0.5) is 5.82 Å². The standard InChI is InChI=1S/C13H16N6O/c1-9-2-3-12(18-17-9)19-6-10(7-19)4-15-13(20)11-5-14-8-16-11/h2-3,5,8,10H,4,6-7H2,1H3,(H,14,16)(H,15,20). The summed E-state index contributed by atoms with van der Waals surface area (Å²) in [7, 11) is 0. The van der Waals surface area contributed by atoms with E-state index in [4.69, 9.17) is 0 Å². The summed E-state index contributed by atoms with van der Waals surface area (Å²) in [5, 5.41) is 11.1. The topological polar surface area (TPSA) is 86.8 Å². The third-order valence-electron chi connectivity index (χ3n) is 3.36. The first-order chi connectivity index (χ1) is 9.72. The van der Waals surface area contributed by atoms with E-state index in [1.807, 2.05) is 19.1 Å². The minimum absolute atomic E-state index is 0.115. The summed E-state index contributed by atoms with van der Waals surface area (Å²) in [5.74, 6) is 1.23. The number of imidazole rings is 1. The molecule has 20 heavy (non-hydrogen) atoms. The Kier molecular flexibility index (Phi) is 3.32. The van der Waals surface area contributed by atoms with Crippen LogP contribution in [-0.2, 0) is 0 Å². The Bertz CT molecular complexity index is 573. The molecule has 3 rings (SSSR count). The lowest BCUT2D eigenvalue weighted by Gasteiger charge is -2.39. The average molecular weight is 272 g/mol. The van der Waals surface area contributed by atoms with E-state index in [1.165, 1.54) is 12.5 Å². The smallest absolute Gasteiger partial charge is 0.269 e. The predicted molar refractivity (Wildman–Crippen MR) is 73.4 cm³/mol. The molecule has 1 aliphatic rings. The summed E-state index contributed by atoms with van der Waals surface area (Å²) in [4.78, 5) is 20.5. The lowest BCUT2D eigenvalue weighted by molar-refractivity contribution is 0.0940. The van der Waals surface area contributed by atoms with Gasteiger partial charge in [-0.05, 0) is 19.1 Å². The molecule has 1 fully saturated rings. The largest absolute Gasteiger partial charge is 0.354 e. The highest BCUT2D eigenvalue weighted by molar-refractivity contribution is 5.91. The van der Waals surface area contributed by atoms with Gasteiger partial charge in [0.1, 0.15) is 5.69 Å². The first-order valence-corrected chi connectivity index (χ1v) is 6.54. The Morgan fingerprint density at radius 2 is 2.30 bits per heavy atom. The number of aryl methyl sites for hydroxylation is 1. The fourth-order valence-electron chi connectivity index (χ4n) is 2.16. The monoisotopic (exact) mass is 272 g/mol. The van der Waals surface area contributed by atoms with Gasteiger partial charge in [-0.15, -0.1) is 5.10 Å². The molecule has 7 nitrogen and oxygen atoms in total. The van der Waals surface area contributed by atoms with Crippen LogP contribution in [0, 0.1) is 12.8 Å². The Labute approximate surface area is 116 Å². The fraction of sp³-hybridized carbons (Fsp3) is 0.385. The van der Waals surface area contributed by atoms with Gasteiger partial charge in [-0.1, -0.05) is 0 Å². The molecular formula is C13H16N6O. The number of hydrogen-bond acceptors (Lipinski definition) is 5. The molecule has 7 heteroatoms. The van der Waals surface area contributed by atoms with Crippen LogP contribution in [0.15, 0.2) is 24.7 Å². The lowest BCUT2D eigenvalue weighted by atomic mass is 10.0. The number of aromatic amines is 1. The van der Waals surface area contributed by atoms with Crippen molar-refractivity contribution in [3.8, 4) is 0 Å². The summed E-state index contributed by atoms with van der Waals surface area (Å²) < 4.78 is 0. The molecule has 104 valence electrons. The summed E-state index contributed by atoms with van der Waals surface area (Å²) in [6.45, 7) is 4.36. The first-order valence-electron chi connectivity index (χ1n) is 6.54. The van der Waals surface area contributed by atoms with Gasteiger partial charge in [-0.3, -0.25) is 4.79 Å². The molecule has 1 amide bonds. The highest BCUT2D eigenvalue weighted by Gasteiger charge is 2.28. The van der Waals surface area contributed by atoms with Crippen molar-refractivity contribution in [1.82, 2.24) is 25.5 Å². The normalized spacial score (nSPS) is 14.9. The Hall–Kier alpha value is -2.44. The van der Waals surface area contributed by atoms with Gasteiger partial charge in [-0.2, -0.15) is 5.10 Å². The van der Waals surface area contributed by atoms with Gasteiger partial charge >= 0.3 is 0 Å². The van der Waals surface area contributed by atoms with Crippen molar-refractivity contribution in [3.05, 3.63) is 36.0 Å². The number of rotatable bonds is 4. The van der Waals surface area contributed by atoms with Gasteiger partial charge in [0, 0.05) is 25.6 Å². The highest BCUT2D eigenvalue weighted by Crippen LogP contribution is 2.21. The van der Waals surface area contributed by atoms with E-state index < -0.39 is 0 Å². The maximum atomic E-state index is 11.7. The molecule has 0 bridgehead atoms. The highest BCUT2D eigenvalue weighted by atomic mass is 16.1. The molecule has 0 unspecified atom stereocenters. The van der Waals surface area contributed by atoms with Crippen LogP contribution in [0.3, 0.4) is 0 Å². The zero-order valence-electron chi connectivity index (χ0n) is 11.2.